The first-order valence-corrected chi connectivity index (χ1v) is 7.80. The molecule has 116 valence electrons. The summed E-state index contributed by atoms with van der Waals surface area (Å²) in [7, 11) is 1.41. The van der Waals surface area contributed by atoms with Crippen molar-refractivity contribution in [3.8, 4) is 11.5 Å². The molecule has 2 rings (SSSR count). The number of nitrogens with zero attached hydrogens (tertiary/aromatic N) is 1. The van der Waals surface area contributed by atoms with Crippen molar-refractivity contribution >= 4 is 21.9 Å². The molecule has 1 aliphatic rings. The molecule has 1 aromatic rings. The molecule has 0 amide bonds. The fourth-order valence-electron chi connectivity index (χ4n) is 2.17. The first-order chi connectivity index (χ1) is 10.1. The monoisotopic (exact) mass is 357 g/mol. The summed E-state index contributed by atoms with van der Waals surface area (Å²) in [4.78, 5) is 13.4. The molecule has 5 nitrogen and oxygen atoms in total. The van der Waals surface area contributed by atoms with Gasteiger partial charge in [-0.3, -0.25) is 9.69 Å². The van der Waals surface area contributed by atoms with E-state index < -0.39 is 0 Å². The summed E-state index contributed by atoms with van der Waals surface area (Å²) in [5, 5.41) is 0. The van der Waals surface area contributed by atoms with Crippen molar-refractivity contribution in [3.63, 3.8) is 0 Å². The van der Waals surface area contributed by atoms with Crippen LogP contribution >= 0.6 is 15.9 Å². The van der Waals surface area contributed by atoms with Gasteiger partial charge in [0.25, 0.3) is 0 Å². The van der Waals surface area contributed by atoms with Crippen LogP contribution in [0.3, 0.4) is 0 Å². The van der Waals surface area contributed by atoms with E-state index in [1.807, 2.05) is 12.1 Å². The lowest BCUT2D eigenvalue weighted by atomic mass is 10.1. The Hall–Kier alpha value is -1.27. The fourth-order valence-corrected chi connectivity index (χ4v) is 2.62. The van der Waals surface area contributed by atoms with Gasteiger partial charge in [0.1, 0.15) is 13.2 Å². The van der Waals surface area contributed by atoms with Crippen molar-refractivity contribution in [2.45, 2.75) is 19.9 Å². The highest BCUT2D eigenvalue weighted by atomic mass is 79.9. The summed E-state index contributed by atoms with van der Waals surface area (Å²) in [6.45, 7) is 5.50. The fraction of sp³-hybridized carbons (Fsp3) is 0.533. The van der Waals surface area contributed by atoms with Gasteiger partial charge in [-0.1, -0.05) is 22.9 Å². The number of fused-ring (bicyclic) bond motifs is 1. The lowest BCUT2D eigenvalue weighted by Gasteiger charge is -2.23. The molecule has 0 atom stereocenters. The summed E-state index contributed by atoms with van der Waals surface area (Å²) < 4.78 is 16.8. The van der Waals surface area contributed by atoms with Gasteiger partial charge in [0, 0.05) is 17.6 Å². The van der Waals surface area contributed by atoms with Crippen molar-refractivity contribution in [1.82, 2.24) is 4.90 Å². The van der Waals surface area contributed by atoms with E-state index in [-0.39, 0.29) is 5.97 Å². The summed E-state index contributed by atoms with van der Waals surface area (Å²) in [5.41, 5.74) is 1.12. The Kier molecular flexibility index (Phi) is 5.87. The summed E-state index contributed by atoms with van der Waals surface area (Å²) in [6.07, 6.45) is 0.395. The van der Waals surface area contributed by atoms with Crippen LogP contribution in [0.1, 0.15) is 18.9 Å². The lowest BCUT2D eigenvalue weighted by Crippen LogP contribution is -2.26. The van der Waals surface area contributed by atoms with E-state index in [2.05, 4.69) is 32.5 Å². The van der Waals surface area contributed by atoms with Gasteiger partial charge in [0.05, 0.1) is 13.5 Å². The maximum absolute atomic E-state index is 11.2. The van der Waals surface area contributed by atoms with Gasteiger partial charge in [-0.25, -0.2) is 0 Å². The highest BCUT2D eigenvalue weighted by Crippen LogP contribution is 2.35. The van der Waals surface area contributed by atoms with Crippen LogP contribution in [0.4, 0.5) is 0 Å². The van der Waals surface area contributed by atoms with E-state index in [9.17, 15) is 4.79 Å². The van der Waals surface area contributed by atoms with Crippen LogP contribution < -0.4 is 9.47 Å². The Bertz CT molecular complexity index is 507. The highest BCUT2D eigenvalue weighted by molar-refractivity contribution is 9.10. The minimum atomic E-state index is -0.185. The second-order valence-corrected chi connectivity index (χ2v) is 5.64. The number of rotatable bonds is 6. The Morgan fingerprint density at radius 1 is 1.33 bits per heavy atom. The number of hydrogen-bond acceptors (Lipinski definition) is 5. The van der Waals surface area contributed by atoms with E-state index in [4.69, 9.17) is 9.47 Å². The quantitative estimate of drug-likeness (QED) is 0.732. The second kappa shape index (κ2) is 7.66. The average Bonchev–Trinajstić information content (AvgIpc) is 2.51. The molecule has 0 spiro atoms. The molecule has 0 saturated heterocycles. The molecule has 0 bridgehead atoms. The van der Waals surface area contributed by atoms with Crippen LogP contribution in [0.2, 0.25) is 0 Å². The predicted octanol–water partition coefficient (Wildman–Crippen LogP) is 2.61. The van der Waals surface area contributed by atoms with E-state index in [1.54, 1.807) is 0 Å². The topological polar surface area (TPSA) is 48.0 Å². The van der Waals surface area contributed by atoms with Gasteiger partial charge < -0.3 is 14.2 Å². The molecule has 0 fully saturated rings. The van der Waals surface area contributed by atoms with Gasteiger partial charge >= 0.3 is 5.97 Å². The minimum absolute atomic E-state index is 0.185. The lowest BCUT2D eigenvalue weighted by molar-refractivity contribution is -0.141. The van der Waals surface area contributed by atoms with Crippen LogP contribution in [0, 0.1) is 0 Å². The number of methoxy groups -OCH3 is 1. The number of esters is 1. The van der Waals surface area contributed by atoms with Crippen molar-refractivity contribution < 1.29 is 19.0 Å². The van der Waals surface area contributed by atoms with Crippen LogP contribution in [-0.2, 0) is 16.1 Å². The Labute approximate surface area is 133 Å². The van der Waals surface area contributed by atoms with Crippen molar-refractivity contribution in [1.29, 1.82) is 0 Å². The predicted molar refractivity (Wildman–Crippen MR) is 82.7 cm³/mol. The first-order valence-electron chi connectivity index (χ1n) is 7.01. The summed E-state index contributed by atoms with van der Waals surface area (Å²) >= 11 is 3.57. The molecule has 6 heteroatoms. The van der Waals surface area contributed by atoms with Crippen LogP contribution in [0.5, 0.6) is 11.5 Å². The SMILES string of the molecule is CCN(CCC(=O)OC)Cc1cc2c(cc1Br)OCCO2. The Morgan fingerprint density at radius 2 is 2.00 bits per heavy atom. The van der Waals surface area contributed by atoms with Gasteiger partial charge in [-0.2, -0.15) is 0 Å². The normalized spacial score (nSPS) is 13.3. The zero-order valence-corrected chi connectivity index (χ0v) is 13.9. The Morgan fingerprint density at radius 3 is 2.62 bits per heavy atom. The molecular formula is C15H20BrNO4. The average molecular weight is 358 g/mol. The van der Waals surface area contributed by atoms with E-state index in [1.165, 1.54) is 7.11 Å². The first kappa shape index (κ1) is 16.1. The number of benzene rings is 1. The van der Waals surface area contributed by atoms with Crippen LogP contribution in [0.15, 0.2) is 16.6 Å². The molecule has 0 aromatic heterocycles. The van der Waals surface area contributed by atoms with Gasteiger partial charge in [0.15, 0.2) is 11.5 Å². The smallest absolute Gasteiger partial charge is 0.306 e. The van der Waals surface area contributed by atoms with Gasteiger partial charge in [-0.05, 0) is 24.2 Å². The number of hydrogen-bond donors (Lipinski definition) is 0. The molecule has 1 aliphatic heterocycles. The summed E-state index contributed by atoms with van der Waals surface area (Å²) in [6, 6.07) is 3.94. The minimum Gasteiger partial charge on any atom is -0.486 e. The van der Waals surface area contributed by atoms with Crippen LogP contribution in [0.25, 0.3) is 0 Å². The molecule has 1 aromatic carbocycles. The molecule has 0 unspecified atom stereocenters. The largest absolute Gasteiger partial charge is 0.486 e. The molecule has 0 aliphatic carbocycles. The van der Waals surface area contributed by atoms with E-state index in [0.717, 1.165) is 34.6 Å². The van der Waals surface area contributed by atoms with Crippen LogP contribution in [-0.4, -0.2) is 44.3 Å². The number of carbonyl (C=O) groups is 1. The zero-order valence-electron chi connectivity index (χ0n) is 12.4. The van der Waals surface area contributed by atoms with E-state index in [0.29, 0.717) is 26.2 Å². The van der Waals surface area contributed by atoms with Gasteiger partial charge in [0.2, 0.25) is 0 Å². The Balaban J connectivity index is 2.04. The molecular weight excluding hydrogens is 338 g/mol. The third-order valence-corrected chi connectivity index (χ3v) is 4.15. The zero-order chi connectivity index (χ0) is 15.2. The maximum atomic E-state index is 11.2. The molecule has 21 heavy (non-hydrogen) atoms. The number of halogens is 1. The highest BCUT2D eigenvalue weighted by Gasteiger charge is 2.16. The standard InChI is InChI=1S/C15H20BrNO4/c1-3-17(5-4-15(18)19-2)10-11-8-13-14(9-12(11)16)21-7-6-20-13/h8-9H,3-7,10H2,1-2H3. The number of carbonyl (C=O) groups excluding carboxylic acids is 1. The molecule has 1 heterocycles. The molecule has 0 saturated carbocycles. The molecule has 0 radical (unpaired) electrons. The van der Waals surface area contributed by atoms with Crippen molar-refractivity contribution in [3.05, 3.63) is 22.2 Å². The maximum Gasteiger partial charge on any atom is 0.306 e. The summed E-state index contributed by atoms with van der Waals surface area (Å²) in [5.74, 6) is 1.37. The second-order valence-electron chi connectivity index (χ2n) is 4.78. The van der Waals surface area contributed by atoms with Gasteiger partial charge in [-0.15, -0.1) is 0 Å². The third kappa shape index (κ3) is 4.35. The van der Waals surface area contributed by atoms with E-state index >= 15 is 0 Å². The number of ether oxygens (including phenoxy) is 3. The van der Waals surface area contributed by atoms with Crippen molar-refractivity contribution in [2.75, 3.05) is 33.4 Å². The molecule has 0 N–H and O–H groups in total. The van der Waals surface area contributed by atoms with Crippen molar-refractivity contribution in [2.24, 2.45) is 0 Å². The third-order valence-electron chi connectivity index (χ3n) is 3.41.